The average molecular weight is 507 g/mol. The molecule has 2 heterocycles. The second-order valence-corrected chi connectivity index (χ2v) is 8.68. The normalized spacial score (nSPS) is 14.3. The van der Waals surface area contributed by atoms with Gasteiger partial charge in [0.1, 0.15) is 6.67 Å². The van der Waals surface area contributed by atoms with Gasteiger partial charge in [0.2, 0.25) is 0 Å². The summed E-state index contributed by atoms with van der Waals surface area (Å²) in [7, 11) is 0. The summed E-state index contributed by atoms with van der Waals surface area (Å²) in [5.41, 5.74) is 1.15. The predicted octanol–water partition coefficient (Wildman–Crippen LogP) is 6.42. The van der Waals surface area contributed by atoms with E-state index in [2.05, 4.69) is 0 Å². The molecule has 0 aromatic heterocycles. The molecular formula is C27H20Cl2N2O4. The van der Waals surface area contributed by atoms with Crippen LogP contribution in [0.2, 0.25) is 10.0 Å². The number of carbonyl (C=O) groups excluding carboxylic acids is 4. The van der Waals surface area contributed by atoms with Gasteiger partial charge in [-0.05, 0) is 36.4 Å². The molecule has 8 heteroatoms. The van der Waals surface area contributed by atoms with Gasteiger partial charge in [-0.3, -0.25) is 29.0 Å². The summed E-state index contributed by atoms with van der Waals surface area (Å²) in [6.07, 6.45) is 0. The van der Waals surface area contributed by atoms with E-state index in [0.717, 1.165) is 9.80 Å². The second kappa shape index (κ2) is 8.48. The van der Waals surface area contributed by atoms with Gasteiger partial charge in [0.25, 0.3) is 23.6 Å². The smallest absolute Gasteiger partial charge is 0.262 e. The molecule has 0 unspecified atom stereocenters. The van der Waals surface area contributed by atoms with Crippen LogP contribution in [0, 0.1) is 0 Å². The van der Waals surface area contributed by atoms with Crippen molar-refractivity contribution in [2.24, 2.45) is 0 Å². The lowest BCUT2D eigenvalue weighted by Gasteiger charge is -2.33. The highest BCUT2D eigenvalue weighted by Gasteiger charge is 2.39. The summed E-state index contributed by atoms with van der Waals surface area (Å²) < 4.78 is 0. The zero-order valence-corrected chi connectivity index (χ0v) is 18.3. The lowest BCUT2D eigenvalue weighted by atomic mass is 9.93. The Bertz CT molecular complexity index is 1450. The van der Waals surface area contributed by atoms with Crippen molar-refractivity contribution in [3.63, 3.8) is 0 Å². The third kappa shape index (κ3) is 3.25. The second-order valence-electron chi connectivity index (χ2n) is 7.86. The fourth-order valence-corrected chi connectivity index (χ4v) is 5.06. The van der Waals surface area contributed by atoms with E-state index in [9.17, 15) is 19.2 Å². The van der Waals surface area contributed by atoms with Crippen molar-refractivity contribution in [3.05, 3.63) is 93.0 Å². The molecule has 2 aliphatic rings. The van der Waals surface area contributed by atoms with Gasteiger partial charge < -0.3 is 0 Å². The number of hydrogen-bond acceptors (Lipinski definition) is 4. The fourth-order valence-electron chi connectivity index (χ4n) is 4.62. The van der Waals surface area contributed by atoms with Gasteiger partial charge in [-0.1, -0.05) is 62.3 Å². The van der Waals surface area contributed by atoms with Gasteiger partial charge in [0, 0.05) is 53.8 Å². The van der Waals surface area contributed by atoms with E-state index in [1.807, 2.05) is 0 Å². The van der Waals surface area contributed by atoms with Crippen molar-refractivity contribution in [1.82, 2.24) is 9.80 Å². The minimum absolute atomic E-state index is 0. The number of halogens is 2. The number of imide groups is 2. The van der Waals surface area contributed by atoms with Crippen LogP contribution in [0.5, 0.6) is 0 Å². The molecular weight excluding hydrogens is 487 g/mol. The van der Waals surface area contributed by atoms with Crippen molar-refractivity contribution in [3.8, 4) is 0 Å². The first-order valence-electron chi connectivity index (χ1n) is 10.0. The monoisotopic (exact) mass is 506 g/mol. The molecule has 0 N–H and O–H groups in total. The first-order chi connectivity index (χ1) is 15.9. The van der Waals surface area contributed by atoms with Crippen molar-refractivity contribution in [1.29, 1.82) is 0 Å². The van der Waals surface area contributed by atoms with Gasteiger partial charge >= 0.3 is 0 Å². The molecule has 0 spiro atoms. The van der Waals surface area contributed by atoms with Crippen LogP contribution < -0.4 is 0 Å². The molecule has 0 aliphatic carbocycles. The zero-order chi connectivity index (χ0) is 23.0. The highest BCUT2D eigenvalue weighted by Crippen LogP contribution is 2.36. The maximum atomic E-state index is 13.3. The highest BCUT2D eigenvalue weighted by atomic mass is 35.5. The standard InChI is InChI=1S/C25H12Cl2N2O4.2CH4/c26-18-9-7-16-20-12(18)3-1-5-14(20)22(30)28(24(16)32)11-29-23(31)15-6-2-4-13-19(27)10-8-17(21(13)15)25(29)33;;/h1-10H,11H2;2*1H4. The molecule has 0 saturated carbocycles. The van der Waals surface area contributed by atoms with E-state index in [-0.39, 0.29) is 37.1 Å². The first kappa shape index (κ1) is 24.4. The summed E-state index contributed by atoms with van der Waals surface area (Å²) in [5.74, 6) is -2.38. The third-order valence-corrected chi connectivity index (χ3v) is 6.82. The van der Waals surface area contributed by atoms with E-state index in [0.29, 0.717) is 31.6 Å². The SMILES string of the molecule is C.C.O=C1c2cccc3c(Cl)ccc(c23)C(=O)N1CN1C(=O)c2cccc3c(Cl)ccc(c23)C1=O. The summed E-state index contributed by atoms with van der Waals surface area (Å²) in [4.78, 5) is 55.0. The van der Waals surface area contributed by atoms with Gasteiger partial charge in [-0.15, -0.1) is 0 Å². The lowest BCUT2D eigenvalue weighted by molar-refractivity contribution is 0.0420. The highest BCUT2D eigenvalue weighted by molar-refractivity contribution is 6.39. The maximum Gasteiger partial charge on any atom is 0.262 e. The number of hydrogen-bond donors (Lipinski definition) is 0. The van der Waals surface area contributed by atoms with E-state index < -0.39 is 30.3 Å². The number of carbonyl (C=O) groups is 4. The van der Waals surface area contributed by atoms with E-state index in [1.165, 1.54) is 0 Å². The minimum atomic E-state index is -0.596. The Labute approximate surface area is 211 Å². The molecule has 0 bridgehead atoms. The molecule has 4 aromatic carbocycles. The van der Waals surface area contributed by atoms with Crippen molar-refractivity contribution in [2.75, 3.05) is 6.67 Å². The molecule has 6 rings (SSSR count). The molecule has 35 heavy (non-hydrogen) atoms. The van der Waals surface area contributed by atoms with Gasteiger partial charge in [-0.2, -0.15) is 0 Å². The molecule has 6 nitrogen and oxygen atoms in total. The molecule has 4 aromatic rings. The number of amides is 4. The Kier molecular flexibility index (Phi) is 5.91. The molecule has 176 valence electrons. The Morgan fingerprint density at radius 2 is 0.857 bits per heavy atom. The molecule has 0 saturated heterocycles. The van der Waals surface area contributed by atoms with Crippen LogP contribution in [0.15, 0.2) is 60.7 Å². The van der Waals surface area contributed by atoms with E-state index in [1.54, 1.807) is 60.7 Å². The van der Waals surface area contributed by atoms with Crippen LogP contribution in [0.1, 0.15) is 56.3 Å². The van der Waals surface area contributed by atoms with Crippen LogP contribution >= 0.6 is 23.2 Å². The molecule has 0 radical (unpaired) electrons. The molecule has 2 aliphatic heterocycles. The largest absolute Gasteiger partial charge is 0.269 e. The summed E-state index contributed by atoms with van der Waals surface area (Å²) in [5, 5.41) is 2.98. The number of benzene rings is 4. The molecule has 0 atom stereocenters. The Balaban J connectivity index is 0.00000144. The van der Waals surface area contributed by atoms with Gasteiger partial charge in [-0.25, -0.2) is 0 Å². The Morgan fingerprint density at radius 1 is 0.514 bits per heavy atom. The predicted molar refractivity (Wildman–Crippen MR) is 137 cm³/mol. The maximum absolute atomic E-state index is 13.3. The van der Waals surface area contributed by atoms with Crippen molar-refractivity contribution < 1.29 is 19.2 Å². The Hall–Kier alpha value is -3.74. The van der Waals surface area contributed by atoms with Crippen LogP contribution in [-0.2, 0) is 0 Å². The number of nitrogens with zero attached hydrogens (tertiary/aromatic N) is 2. The summed E-state index contributed by atoms with van der Waals surface area (Å²) in [6, 6.07) is 16.3. The van der Waals surface area contributed by atoms with Gasteiger partial charge in [0.15, 0.2) is 0 Å². The average Bonchev–Trinajstić information content (AvgIpc) is 2.82. The quantitative estimate of drug-likeness (QED) is 0.294. The fraction of sp³-hybridized carbons (Fsp3) is 0.111. The summed E-state index contributed by atoms with van der Waals surface area (Å²) >= 11 is 12.5. The van der Waals surface area contributed by atoms with Crippen molar-refractivity contribution >= 4 is 68.4 Å². The van der Waals surface area contributed by atoms with Crippen molar-refractivity contribution in [2.45, 2.75) is 14.9 Å². The zero-order valence-electron chi connectivity index (χ0n) is 16.8. The first-order valence-corrected chi connectivity index (χ1v) is 10.8. The lowest BCUT2D eigenvalue weighted by Crippen LogP contribution is -2.51. The molecule has 0 fully saturated rings. The van der Waals surface area contributed by atoms with Gasteiger partial charge in [0.05, 0.1) is 0 Å². The Morgan fingerprint density at radius 3 is 1.23 bits per heavy atom. The van der Waals surface area contributed by atoms with Crippen LogP contribution in [-0.4, -0.2) is 40.1 Å². The van der Waals surface area contributed by atoms with Crippen LogP contribution in [0.3, 0.4) is 0 Å². The minimum Gasteiger partial charge on any atom is -0.269 e. The summed E-state index contributed by atoms with van der Waals surface area (Å²) in [6.45, 7) is -0.508. The van der Waals surface area contributed by atoms with E-state index in [4.69, 9.17) is 23.2 Å². The van der Waals surface area contributed by atoms with Crippen LogP contribution in [0.4, 0.5) is 0 Å². The number of rotatable bonds is 2. The third-order valence-electron chi connectivity index (χ3n) is 6.16. The topological polar surface area (TPSA) is 74.8 Å². The van der Waals surface area contributed by atoms with E-state index >= 15 is 0 Å². The van der Waals surface area contributed by atoms with Crippen LogP contribution in [0.25, 0.3) is 21.5 Å². The molecule has 4 amide bonds.